The lowest BCUT2D eigenvalue weighted by atomic mass is 10.2. The zero-order valence-corrected chi connectivity index (χ0v) is 5.27. The maximum Gasteiger partial charge on any atom is 0.224 e. The summed E-state index contributed by atoms with van der Waals surface area (Å²) in [7, 11) is 0. The Morgan fingerprint density at radius 2 is 2.25 bits per heavy atom. The van der Waals surface area contributed by atoms with Gasteiger partial charge < -0.3 is 5.32 Å². The van der Waals surface area contributed by atoms with Crippen LogP contribution >= 0.6 is 0 Å². The van der Waals surface area contributed by atoms with E-state index in [1.54, 1.807) is 0 Å². The standard InChI is InChI=1S/C6H11NO/c1-5(2)4-7-6(3)8/h3,5H,4H2,1-2H3,(H,7,8). The molecule has 0 aliphatic carbocycles. The highest BCUT2D eigenvalue weighted by molar-refractivity contribution is 5.79. The Labute approximate surface area is 50.3 Å². The Hall–Kier alpha value is -0.530. The summed E-state index contributed by atoms with van der Waals surface area (Å²) in [6.07, 6.45) is 0. The lowest BCUT2D eigenvalue weighted by Crippen LogP contribution is -2.24. The maximum absolute atomic E-state index is 10.0. The van der Waals surface area contributed by atoms with Gasteiger partial charge in [-0.1, -0.05) is 13.8 Å². The summed E-state index contributed by atoms with van der Waals surface area (Å²) in [4.78, 5) is 10.0. The molecule has 0 spiro atoms. The van der Waals surface area contributed by atoms with Gasteiger partial charge in [0.15, 0.2) is 0 Å². The number of hydrogen-bond acceptors (Lipinski definition) is 1. The minimum Gasteiger partial charge on any atom is -0.356 e. The van der Waals surface area contributed by atoms with E-state index >= 15 is 0 Å². The molecule has 0 saturated heterocycles. The van der Waals surface area contributed by atoms with E-state index in [1.807, 2.05) is 13.8 Å². The lowest BCUT2D eigenvalue weighted by molar-refractivity contribution is -0.116. The van der Waals surface area contributed by atoms with E-state index in [1.165, 1.54) is 0 Å². The van der Waals surface area contributed by atoms with Gasteiger partial charge in [-0.25, -0.2) is 0 Å². The molecule has 0 saturated carbocycles. The summed E-state index contributed by atoms with van der Waals surface area (Å²) in [6.45, 7) is 9.47. The topological polar surface area (TPSA) is 29.1 Å². The molecule has 2 nitrogen and oxygen atoms in total. The summed E-state index contributed by atoms with van der Waals surface area (Å²) in [6, 6.07) is 0. The van der Waals surface area contributed by atoms with E-state index in [9.17, 15) is 4.79 Å². The number of hydrogen-bond donors (Lipinski definition) is 1. The van der Waals surface area contributed by atoms with Crippen LogP contribution in [0.3, 0.4) is 0 Å². The monoisotopic (exact) mass is 113 g/mol. The average molecular weight is 113 g/mol. The predicted molar refractivity (Wildman–Crippen MR) is 32.1 cm³/mol. The minimum absolute atomic E-state index is 0.446. The Bertz CT molecular complexity index is 78.6. The lowest BCUT2D eigenvalue weighted by Gasteiger charge is -2.02. The van der Waals surface area contributed by atoms with Crippen LogP contribution in [-0.4, -0.2) is 12.5 Å². The predicted octanol–water partition coefficient (Wildman–Crippen LogP) is 0.470. The fourth-order valence-corrected chi connectivity index (χ4v) is 0.305. The summed E-state index contributed by atoms with van der Waals surface area (Å²) in [5.74, 6) is 0.0289. The largest absolute Gasteiger partial charge is 0.356 e. The minimum atomic E-state index is -0.446. The van der Waals surface area contributed by atoms with Gasteiger partial charge in [-0.15, -0.1) is 0 Å². The molecule has 0 aliphatic rings. The molecule has 0 heterocycles. The van der Waals surface area contributed by atoms with Crippen molar-refractivity contribution < 1.29 is 4.79 Å². The van der Waals surface area contributed by atoms with Gasteiger partial charge in [-0.05, 0) is 5.92 Å². The van der Waals surface area contributed by atoms with Crippen LogP contribution in [0.1, 0.15) is 13.8 Å². The molecule has 0 bridgehead atoms. The fourth-order valence-electron chi connectivity index (χ4n) is 0.305. The second-order valence-corrected chi connectivity index (χ2v) is 2.14. The second kappa shape index (κ2) is 3.47. The van der Waals surface area contributed by atoms with Crippen LogP contribution < -0.4 is 5.32 Å². The van der Waals surface area contributed by atoms with E-state index < -0.39 is 5.91 Å². The quantitative estimate of drug-likeness (QED) is 0.554. The number of amides is 1. The molecule has 0 fully saturated rings. The Balaban J connectivity index is 3.05. The Morgan fingerprint density at radius 3 is 2.38 bits per heavy atom. The molecule has 0 unspecified atom stereocenters. The van der Waals surface area contributed by atoms with Crippen LogP contribution in [0.4, 0.5) is 0 Å². The molecule has 1 amide bonds. The highest BCUT2D eigenvalue weighted by atomic mass is 16.1. The highest BCUT2D eigenvalue weighted by Crippen LogP contribution is 1.85. The number of carbonyl (C=O) groups is 1. The van der Waals surface area contributed by atoms with Crippen molar-refractivity contribution in [2.75, 3.05) is 6.54 Å². The van der Waals surface area contributed by atoms with Crippen LogP contribution in [-0.2, 0) is 4.79 Å². The van der Waals surface area contributed by atoms with Crippen molar-refractivity contribution >= 4 is 5.91 Å². The molecule has 2 radical (unpaired) electrons. The molecule has 1 N–H and O–H groups in total. The molecular formula is C6H11NO. The highest BCUT2D eigenvalue weighted by Gasteiger charge is 1.92. The van der Waals surface area contributed by atoms with E-state index in [4.69, 9.17) is 6.92 Å². The zero-order valence-electron chi connectivity index (χ0n) is 5.27. The van der Waals surface area contributed by atoms with Gasteiger partial charge in [0, 0.05) is 6.54 Å². The molecule has 2 heteroatoms. The summed E-state index contributed by atoms with van der Waals surface area (Å²) >= 11 is 0. The van der Waals surface area contributed by atoms with Crippen molar-refractivity contribution in [3.63, 3.8) is 0 Å². The number of rotatable bonds is 2. The van der Waals surface area contributed by atoms with Gasteiger partial charge >= 0.3 is 0 Å². The van der Waals surface area contributed by atoms with Gasteiger partial charge in [-0.3, -0.25) is 4.79 Å². The van der Waals surface area contributed by atoms with Crippen molar-refractivity contribution in [2.24, 2.45) is 5.92 Å². The second-order valence-electron chi connectivity index (χ2n) is 2.14. The van der Waals surface area contributed by atoms with Gasteiger partial charge in [-0.2, -0.15) is 0 Å². The summed E-state index contributed by atoms with van der Waals surface area (Å²) in [5, 5.41) is 2.48. The third-order valence-electron chi connectivity index (χ3n) is 0.685. The summed E-state index contributed by atoms with van der Waals surface area (Å²) < 4.78 is 0. The van der Waals surface area contributed by atoms with Gasteiger partial charge in [0.1, 0.15) is 0 Å². The SMILES string of the molecule is [CH]C(=O)NCC(C)C. The maximum atomic E-state index is 10.0. The van der Waals surface area contributed by atoms with E-state index in [0.717, 1.165) is 0 Å². The van der Waals surface area contributed by atoms with Gasteiger partial charge in [0.25, 0.3) is 0 Å². The van der Waals surface area contributed by atoms with Crippen LogP contribution in [0, 0.1) is 12.8 Å². The van der Waals surface area contributed by atoms with Crippen LogP contribution in [0.25, 0.3) is 0 Å². The first-order valence-corrected chi connectivity index (χ1v) is 2.66. The molecule has 0 aliphatic heterocycles. The molecule has 0 aromatic carbocycles. The molecule has 46 valence electrons. The Morgan fingerprint density at radius 1 is 1.75 bits per heavy atom. The average Bonchev–Trinajstić information content (AvgIpc) is 1.61. The van der Waals surface area contributed by atoms with Crippen LogP contribution in [0.15, 0.2) is 0 Å². The first kappa shape index (κ1) is 7.47. The first-order chi connectivity index (χ1) is 3.63. The molecular weight excluding hydrogens is 102 g/mol. The van der Waals surface area contributed by atoms with Gasteiger partial charge in [0.2, 0.25) is 5.91 Å². The number of nitrogens with one attached hydrogen (secondary N) is 1. The molecule has 8 heavy (non-hydrogen) atoms. The van der Waals surface area contributed by atoms with E-state index in [2.05, 4.69) is 5.32 Å². The van der Waals surface area contributed by atoms with Crippen LogP contribution in [0.2, 0.25) is 0 Å². The van der Waals surface area contributed by atoms with E-state index in [0.29, 0.717) is 12.5 Å². The number of carbonyl (C=O) groups excluding carboxylic acids is 1. The third-order valence-corrected chi connectivity index (χ3v) is 0.685. The molecule has 0 aromatic rings. The fraction of sp³-hybridized carbons (Fsp3) is 0.667. The third kappa shape index (κ3) is 5.47. The normalized spacial score (nSPS) is 9.50. The molecule has 0 rings (SSSR count). The van der Waals surface area contributed by atoms with Crippen molar-refractivity contribution in [3.05, 3.63) is 6.92 Å². The van der Waals surface area contributed by atoms with Crippen molar-refractivity contribution in [3.8, 4) is 0 Å². The zero-order chi connectivity index (χ0) is 6.57. The van der Waals surface area contributed by atoms with Crippen LogP contribution in [0.5, 0.6) is 0 Å². The Kier molecular flexibility index (Phi) is 3.24. The summed E-state index contributed by atoms with van der Waals surface area (Å²) in [5.41, 5.74) is 0. The smallest absolute Gasteiger partial charge is 0.224 e. The first-order valence-electron chi connectivity index (χ1n) is 2.66. The van der Waals surface area contributed by atoms with E-state index in [-0.39, 0.29) is 0 Å². The van der Waals surface area contributed by atoms with Crippen molar-refractivity contribution in [2.45, 2.75) is 13.8 Å². The van der Waals surface area contributed by atoms with Gasteiger partial charge in [0.05, 0.1) is 6.92 Å². The van der Waals surface area contributed by atoms with Crippen molar-refractivity contribution in [1.82, 2.24) is 5.32 Å². The molecule has 0 aromatic heterocycles. The molecule has 0 atom stereocenters. The van der Waals surface area contributed by atoms with Crippen molar-refractivity contribution in [1.29, 1.82) is 0 Å².